The van der Waals surface area contributed by atoms with Crippen molar-refractivity contribution >= 4 is 23.7 Å². The largest absolute Gasteiger partial charge is 0.449 e. The summed E-state index contributed by atoms with van der Waals surface area (Å²) in [7, 11) is 0. The number of imide groups is 2. The molecule has 0 bridgehead atoms. The number of urea groups is 1. The Morgan fingerprint density at radius 1 is 1.35 bits per heavy atom. The van der Waals surface area contributed by atoms with Crippen molar-refractivity contribution in [1.82, 2.24) is 10.2 Å². The van der Waals surface area contributed by atoms with E-state index < -0.39 is 24.1 Å². The number of rotatable bonds is 3. The SMILES string of the molecule is CCOC(=O)N1C(=O)NC(=O)C1Cc1ccc(N)cc1. The zero-order chi connectivity index (χ0) is 14.7. The summed E-state index contributed by atoms with van der Waals surface area (Å²) < 4.78 is 4.79. The van der Waals surface area contributed by atoms with Crippen LogP contribution in [0.5, 0.6) is 0 Å². The molecule has 1 aromatic rings. The van der Waals surface area contributed by atoms with E-state index in [1.54, 1.807) is 31.2 Å². The maximum atomic E-state index is 11.8. The average Bonchev–Trinajstić information content (AvgIpc) is 2.67. The maximum absolute atomic E-state index is 11.8. The van der Waals surface area contributed by atoms with E-state index in [0.29, 0.717) is 5.69 Å². The first-order chi connectivity index (χ1) is 9.52. The monoisotopic (exact) mass is 277 g/mol. The topological polar surface area (TPSA) is 102 Å². The molecule has 0 aromatic heterocycles. The van der Waals surface area contributed by atoms with Crippen LogP contribution >= 0.6 is 0 Å². The van der Waals surface area contributed by atoms with Gasteiger partial charge in [0.1, 0.15) is 6.04 Å². The van der Waals surface area contributed by atoms with Gasteiger partial charge in [0.25, 0.3) is 5.91 Å². The fourth-order valence-corrected chi connectivity index (χ4v) is 1.97. The second-order valence-corrected chi connectivity index (χ2v) is 4.32. The van der Waals surface area contributed by atoms with Crippen molar-refractivity contribution in [3.05, 3.63) is 29.8 Å². The van der Waals surface area contributed by atoms with Crippen molar-refractivity contribution in [3.8, 4) is 0 Å². The number of ether oxygens (including phenoxy) is 1. The minimum atomic E-state index is -0.898. The van der Waals surface area contributed by atoms with Gasteiger partial charge in [-0.2, -0.15) is 0 Å². The predicted molar refractivity (Wildman–Crippen MR) is 70.7 cm³/mol. The number of hydrogen-bond acceptors (Lipinski definition) is 5. The molecule has 1 unspecified atom stereocenters. The Morgan fingerprint density at radius 3 is 2.60 bits per heavy atom. The Labute approximate surface area is 115 Å². The molecule has 7 nitrogen and oxygen atoms in total. The molecule has 20 heavy (non-hydrogen) atoms. The van der Waals surface area contributed by atoms with Crippen LogP contribution in [0.1, 0.15) is 12.5 Å². The molecule has 1 atom stereocenters. The lowest BCUT2D eigenvalue weighted by molar-refractivity contribution is -0.121. The molecule has 1 aromatic carbocycles. The second kappa shape index (κ2) is 5.60. The highest BCUT2D eigenvalue weighted by molar-refractivity contribution is 6.10. The van der Waals surface area contributed by atoms with Crippen LogP contribution in [-0.2, 0) is 16.0 Å². The van der Waals surface area contributed by atoms with E-state index in [9.17, 15) is 14.4 Å². The van der Waals surface area contributed by atoms with Gasteiger partial charge in [-0.15, -0.1) is 0 Å². The highest BCUT2D eigenvalue weighted by Gasteiger charge is 2.43. The number of nitrogens with zero attached hydrogens (tertiary/aromatic N) is 1. The normalized spacial score (nSPS) is 18.1. The number of anilines is 1. The highest BCUT2D eigenvalue weighted by Crippen LogP contribution is 2.17. The highest BCUT2D eigenvalue weighted by atomic mass is 16.6. The van der Waals surface area contributed by atoms with E-state index in [0.717, 1.165) is 10.5 Å². The predicted octanol–water partition coefficient (Wildman–Crippen LogP) is 0.888. The number of hydrogen-bond donors (Lipinski definition) is 2. The first-order valence-corrected chi connectivity index (χ1v) is 6.18. The number of nitrogens with two attached hydrogens (primary N) is 1. The molecule has 0 radical (unpaired) electrons. The lowest BCUT2D eigenvalue weighted by atomic mass is 10.1. The van der Waals surface area contributed by atoms with Crippen molar-refractivity contribution in [2.24, 2.45) is 0 Å². The lowest BCUT2D eigenvalue weighted by Crippen LogP contribution is -2.41. The molecule has 7 heteroatoms. The van der Waals surface area contributed by atoms with Crippen molar-refractivity contribution in [3.63, 3.8) is 0 Å². The zero-order valence-electron chi connectivity index (χ0n) is 11.0. The van der Waals surface area contributed by atoms with Crippen molar-refractivity contribution in [1.29, 1.82) is 0 Å². The number of carbonyl (C=O) groups is 3. The van der Waals surface area contributed by atoms with Gasteiger partial charge in [0.05, 0.1) is 6.61 Å². The van der Waals surface area contributed by atoms with Crippen molar-refractivity contribution in [2.45, 2.75) is 19.4 Å². The van der Waals surface area contributed by atoms with Gasteiger partial charge in [-0.1, -0.05) is 12.1 Å². The summed E-state index contributed by atoms with van der Waals surface area (Å²) in [6.07, 6.45) is -0.604. The second-order valence-electron chi connectivity index (χ2n) is 4.32. The molecule has 106 valence electrons. The Hall–Kier alpha value is -2.57. The van der Waals surface area contributed by atoms with Gasteiger partial charge in [0.2, 0.25) is 0 Å². The third kappa shape index (κ3) is 2.71. The lowest BCUT2D eigenvalue weighted by Gasteiger charge is -2.19. The van der Waals surface area contributed by atoms with Crippen LogP contribution < -0.4 is 11.1 Å². The standard InChI is InChI=1S/C13H15N3O4/c1-2-20-13(19)16-10(11(17)15-12(16)18)7-8-3-5-9(14)6-4-8/h3-6,10H,2,7,14H2,1H3,(H,15,17,18). The molecule has 0 aliphatic carbocycles. The molecule has 0 saturated carbocycles. The molecular weight excluding hydrogens is 262 g/mol. The number of nitrogens with one attached hydrogen (secondary N) is 1. The molecule has 2 rings (SSSR count). The van der Waals surface area contributed by atoms with Gasteiger partial charge in [-0.3, -0.25) is 10.1 Å². The molecule has 4 amide bonds. The minimum absolute atomic E-state index is 0.130. The molecule has 1 aliphatic rings. The summed E-state index contributed by atoms with van der Waals surface area (Å²) in [6, 6.07) is 5.22. The van der Waals surface area contributed by atoms with Crippen LogP contribution in [0.15, 0.2) is 24.3 Å². The molecule has 3 N–H and O–H groups in total. The zero-order valence-corrected chi connectivity index (χ0v) is 11.0. The molecule has 1 aliphatic heterocycles. The van der Waals surface area contributed by atoms with Gasteiger partial charge in [0, 0.05) is 12.1 Å². The van der Waals surface area contributed by atoms with Crippen LogP contribution in [0.2, 0.25) is 0 Å². The summed E-state index contributed by atoms with van der Waals surface area (Å²) in [5.74, 6) is -0.514. The van der Waals surface area contributed by atoms with Gasteiger partial charge < -0.3 is 10.5 Å². The summed E-state index contributed by atoms with van der Waals surface area (Å²) in [5.41, 5.74) is 6.98. The van der Waals surface area contributed by atoms with Gasteiger partial charge >= 0.3 is 12.1 Å². The van der Waals surface area contributed by atoms with E-state index in [-0.39, 0.29) is 13.0 Å². The summed E-state index contributed by atoms with van der Waals surface area (Å²) >= 11 is 0. The third-order valence-electron chi connectivity index (χ3n) is 2.94. The summed E-state index contributed by atoms with van der Waals surface area (Å²) in [5, 5.41) is 2.11. The summed E-state index contributed by atoms with van der Waals surface area (Å²) in [6.45, 7) is 1.76. The van der Waals surface area contributed by atoms with E-state index in [1.807, 2.05) is 0 Å². The van der Waals surface area contributed by atoms with E-state index >= 15 is 0 Å². The first kappa shape index (κ1) is 13.9. The fraction of sp³-hybridized carbons (Fsp3) is 0.308. The molecular formula is C13H15N3O4. The van der Waals surface area contributed by atoms with E-state index in [4.69, 9.17) is 10.5 Å². The Bertz CT molecular complexity index is 541. The number of benzene rings is 1. The van der Waals surface area contributed by atoms with Crippen LogP contribution in [0.25, 0.3) is 0 Å². The average molecular weight is 277 g/mol. The quantitative estimate of drug-likeness (QED) is 0.631. The number of carbonyl (C=O) groups excluding carboxylic acids is 3. The van der Waals surface area contributed by atoms with Gasteiger partial charge in [-0.25, -0.2) is 14.5 Å². The first-order valence-electron chi connectivity index (χ1n) is 6.18. The molecule has 1 saturated heterocycles. The van der Waals surface area contributed by atoms with E-state index in [1.165, 1.54) is 0 Å². The van der Waals surface area contributed by atoms with Crippen molar-refractivity contribution in [2.75, 3.05) is 12.3 Å². The molecule has 0 spiro atoms. The van der Waals surface area contributed by atoms with Crippen LogP contribution in [0.3, 0.4) is 0 Å². The number of amides is 4. The Morgan fingerprint density at radius 2 is 2.00 bits per heavy atom. The minimum Gasteiger partial charge on any atom is -0.449 e. The van der Waals surface area contributed by atoms with Crippen molar-refractivity contribution < 1.29 is 19.1 Å². The van der Waals surface area contributed by atoms with E-state index in [2.05, 4.69) is 5.32 Å². The fourth-order valence-electron chi connectivity index (χ4n) is 1.97. The van der Waals surface area contributed by atoms with Gasteiger partial charge in [0.15, 0.2) is 0 Å². The maximum Gasteiger partial charge on any atom is 0.418 e. The molecule has 1 fully saturated rings. The van der Waals surface area contributed by atoms with Crippen LogP contribution in [0, 0.1) is 0 Å². The summed E-state index contributed by atoms with van der Waals surface area (Å²) in [4.78, 5) is 35.9. The van der Waals surface area contributed by atoms with Crippen LogP contribution in [-0.4, -0.2) is 35.6 Å². The smallest absolute Gasteiger partial charge is 0.418 e. The van der Waals surface area contributed by atoms with Crippen LogP contribution in [0.4, 0.5) is 15.3 Å². The third-order valence-corrected chi connectivity index (χ3v) is 2.94. The number of nitrogen functional groups attached to an aromatic ring is 1. The van der Waals surface area contributed by atoms with Gasteiger partial charge in [-0.05, 0) is 24.6 Å². The molecule has 1 heterocycles. The Balaban J connectivity index is 2.18. The Kier molecular flexibility index (Phi) is 3.88.